The van der Waals surface area contributed by atoms with Crippen molar-refractivity contribution in [2.75, 3.05) is 27.9 Å². The van der Waals surface area contributed by atoms with Crippen LogP contribution in [0.25, 0.3) is 11.1 Å². The smallest absolute Gasteiger partial charge is 0.343 e. The summed E-state index contributed by atoms with van der Waals surface area (Å²) in [6.07, 6.45) is -0.409. The number of aromatic nitrogens is 1. The molecule has 10 heteroatoms. The summed E-state index contributed by atoms with van der Waals surface area (Å²) in [7, 11) is 3.73. The molecule has 2 rings (SSSR count). The van der Waals surface area contributed by atoms with Crippen LogP contribution in [0.4, 0.5) is 0 Å². The van der Waals surface area contributed by atoms with Crippen molar-refractivity contribution >= 4 is 17.8 Å². The van der Waals surface area contributed by atoms with Gasteiger partial charge in [0, 0.05) is 6.92 Å². The van der Waals surface area contributed by atoms with Gasteiger partial charge in [-0.15, -0.1) is 0 Å². The van der Waals surface area contributed by atoms with Crippen LogP contribution in [0.1, 0.15) is 19.6 Å². The highest BCUT2D eigenvalue weighted by Gasteiger charge is 2.51. The Balaban J connectivity index is 2.63. The van der Waals surface area contributed by atoms with Crippen molar-refractivity contribution in [2.45, 2.75) is 25.8 Å². The normalized spacial score (nSPS) is 10.8. The second-order valence-corrected chi connectivity index (χ2v) is 6.19. The molecule has 1 N–H and O–H groups in total. The van der Waals surface area contributed by atoms with Crippen molar-refractivity contribution in [1.82, 2.24) is 10.5 Å². The van der Waals surface area contributed by atoms with E-state index in [9.17, 15) is 14.4 Å². The van der Waals surface area contributed by atoms with Crippen LogP contribution < -0.4 is 14.8 Å². The topological polar surface area (TPSA) is 126 Å². The first kappa shape index (κ1) is 22.7. The molecule has 0 saturated heterocycles. The van der Waals surface area contributed by atoms with Gasteiger partial charge in [0.2, 0.25) is 11.4 Å². The van der Waals surface area contributed by atoms with Gasteiger partial charge in [-0.1, -0.05) is 12.1 Å². The summed E-state index contributed by atoms with van der Waals surface area (Å²) in [4.78, 5) is 37.0. The molecule has 0 spiro atoms. The summed E-state index contributed by atoms with van der Waals surface area (Å²) in [6, 6.07) is 6.94. The number of ether oxygens (including phenoxy) is 4. The summed E-state index contributed by atoms with van der Waals surface area (Å²) in [6.45, 7) is 3.24. The van der Waals surface area contributed by atoms with Gasteiger partial charge >= 0.3 is 11.9 Å². The molecule has 0 aliphatic rings. The Hall–Kier alpha value is -3.56. The van der Waals surface area contributed by atoms with Gasteiger partial charge in [-0.25, -0.2) is 9.59 Å². The quantitative estimate of drug-likeness (QED) is 0.474. The third kappa shape index (κ3) is 4.53. The van der Waals surface area contributed by atoms with Crippen LogP contribution in [-0.4, -0.2) is 56.5 Å². The minimum Gasteiger partial charge on any atom is -0.497 e. The summed E-state index contributed by atoms with van der Waals surface area (Å²) in [5, 5.41) is 6.26. The molecule has 1 aromatic carbocycles. The number of esters is 2. The van der Waals surface area contributed by atoms with Crippen molar-refractivity contribution < 1.29 is 37.9 Å². The molecule has 0 aliphatic heterocycles. The van der Waals surface area contributed by atoms with Crippen LogP contribution in [0.5, 0.6) is 11.6 Å². The molecule has 30 heavy (non-hydrogen) atoms. The maximum atomic E-state index is 12.6. The van der Waals surface area contributed by atoms with E-state index in [0.29, 0.717) is 23.5 Å². The highest BCUT2D eigenvalue weighted by Crippen LogP contribution is 2.36. The zero-order valence-corrected chi connectivity index (χ0v) is 17.4. The largest absolute Gasteiger partial charge is 0.497 e. The molecule has 0 unspecified atom stereocenters. The number of carbonyl (C=O) groups excluding carboxylic acids is 3. The molecule has 1 heterocycles. The molecule has 1 aromatic heterocycles. The Morgan fingerprint density at radius 2 is 1.67 bits per heavy atom. The Morgan fingerprint density at radius 3 is 2.13 bits per heavy atom. The van der Waals surface area contributed by atoms with Crippen LogP contribution in [0.2, 0.25) is 0 Å². The minimum atomic E-state index is -2.17. The van der Waals surface area contributed by atoms with E-state index in [1.54, 1.807) is 38.3 Å². The number of nitrogens with one attached hydrogen (secondary N) is 1. The van der Waals surface area contributed by atoms with Gasteiger partial charge in [0.25, 0.3) is 5.88 Å². The number of nitrogens with zero attached hydrogens (tertiary/aromatic N) is 1. The highest BCUT2D eigenvalue weighted by atomic mass is 16.6. The monoisotopic (exact) mass is 420 g/mol. The first-order valence-corrected chi connectivity index (χ1v) is 9.04. The Bertz CT molecular complexity index is 888. The van der Waals surface area contributed by atoms with Crippen molar-refractivity contribution in [2.24, 2.45) is 0 Å². The zero-order chi connectivity index (χ0) is 22.3. The van der Waals surface area contributed by atoms with E-state index in [2.05, 4.69) is 10.5 Å². The highest BCUT2D eigenvalue weighted by molar-refractivity contribution is 6.08. The lowest BCUT2D eigenvalue weighted by atomic mass is 9.90. The SMILES string of the molecule is CCOc1noc(CC(NC(C)=O)(C(=O)OC)C(=O)OC)c1-c1ccc(OC)cc1. The number of rotatable bonds is 9. The van der Waals surface area contributed by atoms with Gasteiger partial charge in [-0.05, 0) is 29.8 Å². The Kier molecular flexibility index (Phi) is 7.40. The molecular weight excluding hydrogens is 396 g/mol. The number of carbonyl (C=O) groups is 3. The van der Waals surface area contributed by atoms with Crippen LogP contribution in [-0.2, 0) is 30.3 Å². The molecule has 0 atom stereocenters. The second-order valence-electron chi connectivity index (χ2n) is 6.19. The number of benzene rings is 1. The van der Waals surface area contributed by atoms with Crippen molar-refractivity contribution in [1.29, 1.82) is 0 Å². The third-order valence-electron chi connectivity index (χ3n) is 4.27. The van der Waals surface area contributed by atoms with Gasteiger partial charge in [0.1, 0.15) is 5.75 Å². The van der Waals surface area contributed by atoms with Gasteiger partial charge in [0.05, 0.1) is 39.9 Å². The Morgan fingerprint density at radius 1 is 1.07 bits per heavy atom. The molecule has 1 amide bonds. The van der Waals surface area contributed by atoms with E-state index in [-0.39, 0.29) is 11.6 Å². The number of hydrogen-bond donors (Lipinski definition) is 1. The molecular formula is C20H24N2O8. The number of methoxy groups -OCH3 is 3. The summed E-state index contributed by atoms with van der Waals surface area (Å²) >= 11 is 0. The van der Waals surface area contributed by atoms with E-state index in [0.717, 1.165) is 21.1 Å². The molecule has 0 bridgehead atoms. The second kappa shape index (κ2) is 9.77. The molecule has 10 nitrogen and oxygen atoms in total. The van der Waals surface area contributed by atoms with Crippen LogP contribution >= 0.6 is 0 Å². The fourth-order valence-corrected chi connectivity index (χ4v) is 2.97. The van der Waals surface area contributed by atoms with Gasteiger partial charge in [0.15, 0.2) is 5.76 Å². The number of amides is 1. The lowest BCUT2D eigenvalue weighted by molar-refractivity contribution is -0.165. The number of hydrogen-bond acceptors (Lipinski definition) is 9. The summed E-state index contributed by atoms with van der Waals surface area (Å²) < 4.78 is 25.7. The lowest BCUT2D eigenvalue weighted by Gasteiger charge is -2.28. The van der Waals surface area contributed by atoms with E-state index in [1.807, 2.05) is 0 Å². The molecule has 162 valence electrons. The maximum absolute atomic E-state index is 12.6. The van der Waals surface area contributed by atoms with Crippen LogP contribution in [0.3, 0.4) is 0 Å². The van der Waals surface area contributed by atoms with E-state index in [1.165, 1.54) is 0 Å². The average molecular weight is 420 g/mol. The predicted molar refractivity (Wildman–Crippen MR) is 104 cm³/mol. The zero-order valence-electron chi connectivity index (χ0n) is 17.4. The summed E-state index contributed by atoms with van der Waals surface area (Å²) in [5.74, 6) is -1.75. The molecule has 0 radical (unpaired) electrons. The van der Waals surface area contributed by atoms with Crippen LogP contribution in [0.15, 0.2) is 28.8 Å². The van der Waals surface area contributed by atoms with E-state index >= 15 is 0 Å². The van der Waals surface area contributed by atoms with Gasteiger partial charge < -0.3 is 28.8 Å². The lowest BCUT2D eigenvalue weighted by Crippen LogP contribution is -2.62. The van der Waals surface area contributed by atoms with Gasteiger partial charge in [-0.3, -0.25) is 4.79 Å². The fraction of sp³-hybridized carbons (Fsp3) is 0.400. The maximum Gasteiger partial charge on any atom is 0.343 e. The minimum absolute atomic E-state index is 0.119. The standard InChI is InChI=1S/C20H24N2O8/c1-6-29-17-16(13-7-9-14(26-3)10-8-13)15(30-22-17)11-20(18(24)27-4,19(25)28-5)21-12(2)23/h7-10H,6,11H2,1-5H3,(H,21,23). The summed E-state index contributed by atoms with van der Waals surface area (Å²) in [5.41, 5.74) is -1.11. The van der Waals surface area contributed by atoms with Gasteiger partial charge in [-0.2, -0.15) is 0 Å². The van der Waals surface area contributed by atoms with Crippen LogP contribution in [0, 0.1) is 0 Å². The fourth-order valence-electron chi connectivity index (χ4n) is 2.97. The molecule has 0 aliphatic carbocycles. The average Bonchev–Trinajstić information content (AvgIpc) is 3.13. The molecule has 2 aromatic rings. The molecule has 0 saturated carbocycles. The first-order valence-electron chi connectivity index (χ1n) is 9.04. The van der Waals surface area contributed by atoms with Crippen molar-refractivity contribution in [3.63, 3.8) is 0 Å². The molecule has 0 fully saturated rings. The predicted octanol–water partition coefficient (Wildman–Crippen LogP) is 1.51. The Labute approximate surface area is 173 Å². The van der Waals surface area contributed by atoms with E-state index in [4.69, 9.17) is 23.5 Å². The third-order valence-corrected chi connectivity index (χ3v) is 4.27. The van der Waals surface area contributed by atoms with E-state index < -0.39 is 29.8 Å². The van der Waals surface area contributed by atoms with Crippen molar-refractivity contribution in [3.8, 4) is 22.8 Å². The van der Waals surface area contributed by atoms with Crippen molar-refractivity contribution in [3.05, 3.63) is 30.0 Å². The first-order chi connectivity index (χ1) is 14.3.